The summed E-state index contributed by atoms with van der Waals surface area (Å²) in [6.07, 6.45) is 22.9. The lowest BCUT2D eigenvalue weighted by Gasteiger charge is -2.12. The number of unbranched alkanes of at least 4 members (excludes halogenated alkanes) is 16. The maximum atomic E-state index is 12.2. The summed E-state index contributed by atoms with van der Waals surface area (Å²) in [5.41, 5.74) is 0.989. The predicted molar refractivity (Wildman–Crippen MR) is 168 cm³/mol. The summed E-state index contributed by atoms with van der Waals surface area (Å²) in [6, 6.07) is 6.57. The van der Waals surface area contributed by atoms with Crippen LogP contribution in [0.4, 0.5) is 0 Å². The van der Waals surface area contributed by atoms with E-state index >= 15 is 0 Å². The standard InChI is InChI=1S/C34H58O7S/c1-3-4-5-6-7-8-9-10-11-12-13-14-15-16-19-22-34-39-29-31(41-34)28-38-33(35)21-18-17-20-27-40-42(36,37)32-25-23-30(2)24-26-32/h23-26,31,34H,3-22,27-29H2,1-2H3/t31-,34-/m0/s1. The lowest BCUT2D eigenvalue weighted by atomic mass is 10.0. The Balaban J connectivity index is 1.35. The Hall–Kier alpha value is -1.48. The Morgan fingerprint density at radius 2 is 1.33 bits per heavy atom. The molecule has 2 rings (SSSR count). The van der Waals surface area contributed by atoms with E-state index in [1.807, 2.05) is 6.92 Å². The smallest absolute Gasteiger partial charge is 0.305 e. The van der Waals surface area contributed by atoms with E-state index < -0.39 is 10.1 Å². The van der Waals surface area contributed by atoms with E-state index in [1.54, 1.807) is 24.3 Å². The number of aryl methyl sites for hydroxylation is 1. The van der Waals surface area contributed by atoms with Gasteiger partial charge in [0, 0.05) is 6.42 Å². The van der Waals surface area contributed by atoms with Gasteiger partial charge in [0.05, 0.1) is 18.1 Å². The number of carbonyl (C=O) groups is 1. The van der Waals surface area contributed by atoms with Gasteiger partial charge >= 0.3 is 5.97 Å². The molecule has 42 heavy (non-hydrogen) atoms. The molecule has 0 bridgehead atoms. The van der Waals surface area contributed by atoms with Crippen molar-refractivity contribution in [1.82, 2.24) is 0 Å². The third kappa shape index (κ3) is 17.6. The average Bonchev–Trinajstić information content (AvgIpc) is 3.43. The summed E-state index contributed by atoms with van der Waals surface area (Å²) in [5.74, 6) is -0.266. The van der Waals surface area contributed by atoms with E-state index in [0.717, 1.165) is 18.4 Å². The van der Waals surface area contributed by atoms with Gasteiger partial charge < -0.3 is 14.2 Å². The zero-order chi connectivity index (χ0) is 30.3. The van der Waals surface area contributed by atoms with Crippen LogP contribution in [-0.2, 0) is 33.3 Å². The summed E-state index contributed by atoms with van der Waals surface area (Å²) in [7, 11) is -3.74. The molecule has 1 heterocycles. The number of esters is 1. The summed E-state index contributed by atoms with van der Waals surface area (Å²) in [6.45, 7) is 4.95. The highest BCUT2D eigenvalue weighted by atomic mass is 32.2. The summed E-state index contributed by atoms with van der Waals surface area (Å²) in [5, 5.41) is 0. The van der Waals surface area contributed by atoms with Crippen molar-refractivity contribution in [3.8, 4) is 0 Å². The molecule has 0 amide bonds. The molecule has 7 nitrogen and oxygen atoms in total. The third-order valence-corrected chi connectivity index (χ3v) is 9.19. The monoisotopic (exact) mass is 610 g/mol. The summed E-state index contributed by atoms with van der Waals surface area (Å²) in [4.78, 5) is 12.2. The SMILES string of the molecule is CCCCCCCCCCCCCCCCC[C@H]1OC[C@H](COC(=O)CCCCCOS(=O)(=O)c2ccc(C)cc2)O1. The second kappa shape index (κ2) is 23.0. The van der Waals surface area contributed by atoms with Crippen molar-refractivity contribution in [2.24, 2.45) is 0 Å². The van der Waals surface area contributed by atoms with E-state index in [1.165, 1.54) is 89.9 Å². The molecule has 0 aliphatic carbocycles. The number of carbonyl (C=O) groups excluding carboxylic acids is 1. The highest BCUT2D eigenvalue weighted by molar-refractivity contribution is 7.86. The molecule has 1 aliphatic heterocycles. The third-order valence-electron chi connectivity index (χ3n) is 7.86. The molecule has 0 radical (unpaired) electrons. The lowest BCUT2D eigenvalue weighted by Crippen LogP contribution is -2.21. The van der Waals surface area contributed by atoms with Gasteiger partial charge in [0.1, 0.15) is 12.7 Å². The van der Waals surface area contributed by atoms with Crippen molar-refractivity contribution in [2.45, 2.75) is 160 Å². The van der Waals surface area contributed by atoms with Crippen molar-refractivity contribution < 1.29 is 31.6 Å². The first-order valence-corrected chi connectivity index (χ1v) is 18.2. The maximum absolute atomic E-state index is 12.2. The highest BCUT2D eigenvalue weighted by Crippen LogP contribution is 2.20. The molecule has 1 fully saturated rings. The van der Waals surface area contributed by atoms with Gasteiger partial charge in [-0.05, 0) is 44.7 Å². The van der Waals surface area contributed by atoms with Crippen molar-refractivity contribution in [3.63, 3.8) is 0 Å². The molecule has 1 aromatic rings. The van der Waals surface area contributed by atoms with Crippen LogP contribution < -0.4 is 0 Å². The fourth-order valence-electron chi connectivity index (χ4n) is 5.18. The van der Waals surface area contributed by atoms with Crippen molar-refractivity contribution in [2.75, 3.05) is 19.8 Å². The van der Waals surface area contributed by atoms with Crippen LogP contribution in [0.15, 0.2) is 29.2 Å². The van der Waals surface area contributed by atoms with Gasteiger partial charge in [-0.25, -0.2) is 0 Å². The molecular formula is C34H58O7S. The molecule has 0 saturated carbocycles. The Morgan fingerprint density at radius 3 is 1.93 bits per heavy atom. The topological polar surface area (TPSA) is 88.1 Å². The molecule has 242 valence electrons. The zero-order valence-electron chi connectivity index (χ0n) is 26.5. The van der Waals surface area contributed by atoms with Gasteiger partial charge in [-0.1, -0.05) is 121 Å². The molecule has 0 N–H and O–H groups in total. The largest absolute Gasteiger partial charge is 0.463 e. The first-order chi connectivity index (χ1) is 20.4. The first-order valence-electron chi connectivity index (χ1n) is 16.8. The van der Waals surface area contributed by atoms with Gasteiger partial charge in [-0.15, -0.1) is 0 Å². The van der Waals surface area contributed by atoms with Crippen molar-refractivity contribution in [1.29, 1.82) is 0 Å². The normalized spacial score (nSPS) is 17.1. The quantitative estimate of drug-likeness (QED) is 0.0588. The van der Waals surface area contributed by atoms with Gasteiger partial charge in [-0.2, -0.15) is 8.42 Å². The summed E-state index contributed by atoms with van der Waals surface area (Å²) < 4.78 is 46.4. The molecule has 1 saturated heterocycles. The molecule has 0 unspecified atom stereocenters. The highest BCUT2D eigenvalue weighted by Gasteiger charge is 2.26. The minimum absolute atomic E-state index is 0.0965. The minimum atomic E-state index is -3.74. The van der Waals surface area contributed by atoms with Gasteiger partial charge in [0.2, 0.25) is 0 Å². The maximum Gasteiger partial charge on any atom is 0.305 e. The molecule has 0 spiro atoms. The molecule has 0 aromatic heterocycles. The second-order valence-corrected chi connectivity index (χ2v) is 13.5. The van der Waals surface area contributed by atoms with Crippen LogP contribution in [0.25, 0.3) is 0 Å². The number of hydrogen-bond acceptors (Lipinski definition) is 7. The second-order valence-electron chi connectivity index (χ2n) is 11.8. The molecule has 1 aromatic carbocycles. The minimum Gasteiger partial charge on any atom is -0.463 e. The van der Waals surface area contributed by atoms with Crippen LogP contribution in [-0.4, -0.2) is 46.6 Å². The predicted octanol–water partition coefficient (Wildman–Crippen LogP) is 8.81. The number of rotatable bonds is 26. The number of hydrogen-bond donors (Lipinski definition) is 0. The van der Waals surface area contributed by atoms with Gasteiger partial charge in [-0.3, -0.25) is 8.98 Å². The Labute approximate surface area is 256 Å². The van der Waals surface area contributed by atoms with E-state index in [-0.39, 0.29) is 36.5 Å². The summed E-state index contributed by atoms with van der Waals surface area (Å²) >= 11 is 0. The lowest BCUT2D eigenvalue weighted by molar-refractivity contribution is -0.148. The number of ether oxygens (including phenoxy) is 3. The van der Waals surface area contributed by atoms with Crippen LogP contribution >= 0.6 is 0 Å². The Kier molecular flexibility index (Phi) is 20.1. The average molecular weight is 611 g/mol. The van der Waals surface area contributed by atoms with Crippen molar-refractivity contribution in [3.05, 3.63) is 29.8 Å². The molecular weight excluding hydrogens is 552 g/mol. The van der Waals surface area contributed by atoms with E-state index in [4.69, 9.17) is 18.4 Å². The van der Waals surface area contributed by atoms with Crippen LogP contribution in [0.5, 0.6) is 0 Å². The van der Waals surface area contributed by atoms with Gasteiger partial charge in [0.15, 0.2) is 6.29 Å². The van der Waals surface area contributed by atoms with Crippen LogP contribution in [0.3, 0.4) is 0 Å². The van der Waals surface area contributed by atoms with Crippen LogP contribution in [0.2, 0.25) is 0 Å². The van der Waals surface area contributed by atoms with Crippen LogP contribution in [0, 0.1) is 6.92 Å². The van der Waals surface area contributed by atoms with E-state index in [0.29, 0.717) is 32.3 Å². The molecule has 2 atom stereocenters. The molecule has 8 heteroatoms. The van der Waals surface area contributed by atoms with Gasteiger partial charge in [0.25, 0.3) is 10.1 Å². The van der Waals surface area contributed by atoms with E-state index in [2.05, 4.69) is 6.92 Å². The first kappa shape index (κ1) is 36.7. The Morgan fingerprint density at radius 1 is 0.786 bits per heavy atom. The van der Waals surface area contributed by atoms with Crippen LogP contribution in [0.1, 0.15) is 141 Å². The fourth-order valence-corrected chi connectivity index (χ4v) is 6.12. The zero-order valence-corrected chi connectivity index (χ0v) is 27.3. The van der Waals surface area contributed by atoms with Crippen molar-refractivity contribution >= 4 is 16.1 Å². The fraction of sp³-hybridized carbons (Fsp3) is 0.794. The number of benzene rings is 1. The Bertz CT molecular complexity index is 916. The van der Waals surface area contributed by atoms with E-state index in [9.17, 15) is 13.2 Å². The molecule has 1 aliphatic rings.